The van der Waals surface area contributed by atoms with Crippen LogP contribution >= 0.6 is 0 Å². The maximum absolute atomic E-state index is 11.1. The molecule has 1 aromatic carbocycles. The molecule has 0 aromatic heterocycles. The summed E-state index contributed by atoms with van der Waals surface area (Å²) in [5.74, 6) is 0. The highest BCUT2D eigenvalue weighted by Crippen LogP contribution is 2.24. The van der Waals surface area contributed by atoms with E-state index in [2.05, 4.69) is 5.32 Å². The van der Waals surface area contributed by atoms with Crippen molar-refractivity contribution in [3.8, 4) is 0 Å². The van der Waals surface area contributed by atoms with Gasteiger partial charge in [-0.2, -0.15) is 0 Å². The van der Waals surface area contributed by atoms with Gasteiger partial charge in [-0.25, -0.2) is 0 Å². The maximum Gasteiger partial charge on any atom is 0.292 e. The number of nitrogens with two attached hydrogens (primary N) is 1. The van der Waals surface area contributed by atoms with Crippen molar-refractivity contribution in [3.05, 3.63) is 28.3 Å². The molecular weight excluding hydrogens is 242 g/mol. The van der Waals surface area contributed by atoms with Gasteiger partial charge in [-0.05, 0) is 19.1 Å². The summed E-state index contributed by atoms with van der Waals surface area (Å²) in [7, 11) is -0.903. The number of nitrogens with zero attached hydrogens (tertiary/aromatic N) is 1. The van der Waals surface area contributed by atoms with Crippen LogP contribution in [0.2, 0.25) is 0 Å². The molecular formula is C10H15N3O3S. The van der Waals surface area contributed by atoms with Gasteiger partial charge in [-0.15, -0.1) is 0 Å². The first-order valence-electron chi connectivity index (χ1n) is 5.02. The Labute approximate surface area is 102 Å². The molecule has 0 saturated carbocycles. The lowest BCUT2D eigenvalue weighted by Crippen LogP contribution is -2.20. The quantitative estimate of drug-likeness (QED) is 0.471. The standard InChI is InChI=1S/C10H15N3O3S/c1-7(17(2)16)6-12-8-3-4-10(13(14)15)9(11)5-8/h3-5,7,12H,6,11H2,1-2H3. The Balaban J connectivity index is 2.71. The number of anilines is 2. The van der Waals surface area contributed by atoms with Crippen molar-refractivity contribution < 1.29 is 9.13 Å². The van der Waals surface area contributed by atoms with Crippen LogP contribution in [0.1, 0.15) is 6.92 Å². The molecule has 3 N–H and O–H groups in total. The van der Waals surface area contributed by atoms with Gasteiger partial charge in [0.2, 0.25) is 0 Å². The highest BCUT2D eigenvalue weighted by Gasteiger charge is 2.11. The van der Waals surface area contributed by atoms with E-state index in [9.17, 15) is 14.3 Å². The first-order valence-corrected chi connectivity index (χ1v) is 6.64. The number of nitro groups is 1. The first-order chi connectivity index (χ1) is 7.91. The van der Waals surface area contributed by atoms with Crippen LogP contribution in [0.3, 0.4) is 0 Å². The van der Waals surface area contributed by atoms with Crippen molar-refractivity contribution in [3.63, 3.8) is 0 Å². The molecule has 0 spiro atoms. The molecule has 2 unspecified atom stereocenters. The van der Waals surface area contributed by atoms with Crippen molar-refractivity contribution in [2.75, 3.05) is 23.9 Å². The molecule has 0 heterocycles. The van der Waals surface area contributed by atoms with Gasteiger partial charge < -0.3 is 11.1 Å². The molecule has 0 radical (unpaired) electrons. The van der Waals surface area contributed by atoms with E-state index >= 15 is 0 Å². The zero-order chi connectivity index (χ0) is 13.0. The van der Waals surface area contributed by atoms with Gasteiger partial charge in [-0.3, -0.25) is 14.3 Å². The summed E-state index contributed by atoms with van der Waals surface area (Å²) < 4.78 is 11.1. The summed E-state index contributed by atoms with van der Waals surface area (Å²) >= 11 is 0. The fourth-order valence-electron chi connectivity index (χ4n) is 1.21. The van der Waals surface area contributed by atoms with Crippen LogP contribution < -0.4 is 11.1 Å². The van der Waals surface area contributed by atoms with Crippen LogP contribution in [0.4, 0.5) is 17.1 Å². The minimum atomic E-state index is -0.903. The van der Waals surface area contributed by atoms with E-state index in [0.717, 1.165) is 0 Å². The Kier molecular flexibility index (Phi) is 4.45. The molecule has 0 saturated heterocycles. The van der Waals surface area contributed by atoms with Crippen molar-refractivity contribution in [1.82, 2.24) is 0 Å². The highest BCUT2D eigenvalue weighted by molar-refractivity contribution is 7.84. The number of hydrogen-bond donors (Lipinski definition) is 2. The van der Waals surface area contributed by atoms with Gasteiger partial charge in [0.05, 0.1) is 4.92 Å². The van der Waals surface area contributed by atoms with Crippen LogP contribution in [0.25, 0.3) is 0 Å². The number of rotatable bonds is 5. The summed E-state index contributed by atoms with van der Waals surface area (Å²) in [6.07, 6.45) is 1.64. The number of benzene rings is 1. The van der Waals surface area contributed by atoms with Gasteiger partial charge in [0.15, 0.2) is 0 Å². The molecule has 6 nitrogen and oxygen atoms in total. The Hall–Kier alpha value is -1.63. The topological polar surface area (TPSA) is 98.3 Å². The third-order valence-electron chi connectivity index (χ3n) is 2.38. The normalized spacial score (nSPS) is 14.0. The van der Waals surface area contributed by atoms with Crippen molar-refractivity contribution in [2.24, 2.45) is 0 Å². The van der Waals surface area contributed by atoms with Gasteiger partial charge in [0.1, 0.15) is 5.69 Å². The minimum absolute atomic E-state index is 0.00594. The van der Waals surface area contributed by atoms with E-state index in [1.54, 1.807) is 12.3 Å². The maximum atomic E-state index is 11.1. The van der Waals surface area contributed by atoms with E-state index in [0.29, 0.717) is 12.2 Å². The van der Waals surface area contributed by atoms with Gasteiger partial charge in [-0.1, -0.05) is 0 Å². The second-order valence-electron chi connectivity index (χ2n) is 3.72. The lowest BCUT2D eigenvalue weighted by molar-refractivity contribution is -0.383. The largest absolute Gasteiger partial charge is 0.393 e. The van der Waals surface area contributed by atoms with Crippen molar-refractivity contribution in [1.29, 1.82) is 0 Å². The second kappa shape index (κ2) is 5.62. The minimum Gasteiger partial charge on any atom is -0.393 e. The predicted octanol–water partition coefficient (Wildman–Crippen LogP) is 1.36. The van der Waals surface area contributed by atoms with Gasteiger partial charge in [0.25, 0.3) is 5.69 Å². The number of nitrogens with one attached hydrogen (secondary N) is 1. The van der Waals surface area contributed by atoms with E-state index < -0.39 is 15.7 Å². The third-order valence-corrected chi connectivity index (χ3v) is 3.68. The molecule has 0 aliphatic heterocycles. The molecule has 1 aromatic rings. The number of nitrogen functional groups attached to an aromatic ring is 1. The fourth-order valence-corrected chi connectivity index (χ4v) is 1.53. The molecule has 0 aliphatic carbocycles. The summed E-state index contributed by atoms with van der Waals surface area (Å²) in [6.45, 7) is 2.39. The third kappa shape index (κ3) is 3.70. The fraction of sp³-hybridized carbons (Fsp3) is 0.400. The second-order valence-corrected chi connectivity index (χ2v) is 5.52. The van der Waals surface area contributed by atoms with Crippen LogP contribution in [0.5, 0.6) is 0 Å². The molecule has 2 atom stereocenters. The number of hydrogen-bond acceptors (Lipinski definition) is 5. The van der Waals surface area contributed by atoms with Crippen LogP contribution in [-0.4, -0.2) is 27.2 Å². The van der Waals surface area contributed by atoms with Gasteiger partial charge in [0, 0.05) is 40.6 Å². The molecule has 0 bridgehead atoms. The molecule has 94 valence electrons. The zero-order valence-electron chi connectivity index (χ0n) is 9.67. The molecule has 0 fully saturated rings. The van der Waals surface area contributed by atoms with E-state index in [-0.39, 0.29) is 16.6 Å². The summed E-state index contributed by atoms with van der Waals surface area (Å²) in [5, 5.41) is 13.6. The average molecular weight is 257 g/mol. The van der Waals surface area contributed by atoms with E-state index in [1.165, 1.54) is 12.1 Å². The Morgan fingerprint density at radius 1 is 1.59 bits per heavy atom. The van der Waals surface area contributed by atoms with Crippen molar-refractivity contribution >= 4 is 27.9 Å². The number of nitro benzene ring substituents is 1. The lowest BCUT2D eigenvalue weighted by atomic mass is 10.2. The van der Waals surface area contributed by atoms with Crippen LogP contribution in [0.15, 0.2) is 18.2 Å². The van der Waals surface area contributed by atoms with E-state index in [1.807, 2.05) is 6.92 Å². The Morgan fingerprint density at radius 2 is 2.24 bits per heavy atom. The highest BCUT2D eigenvalue weighted by atomic mass is 32.2. The first kappa shape index (κ1) is 13.4. The molecule has 1 rings (SSSR count). The summed E-state index contributed by atoms with van der Waals surface area (Å²) in [4.78, 5) is 10.0. The van der Waals surface area contributed by atoms with Crippen molar-refractivity contribution in [2.45, 2.75) is 12.2 Å². The zero-order valence-corrected chi connectivity index (χ0v) is 10.5. The lowest BCUT2D eigenvalue weighted by Gasteiger charge is -2.11. The predicted molar refractivity (Wildman–Crippen MR) is 69.5 cm³/mol. The smallest absolute Gasteiger partial charge is 0.292 e. The van der Waals surface area contributed by atoms with Gasteiger partial charge >= 0.3 is 0 Å². The molecule has 7 heteroatoms. The van der Waals surface area contributed by atoms with Crippen LogP contribution in [-0.2, 0) is 10.8 Å². The summed E-state index contributed by atoms with van der Waals surface area (Å²) in [6, 6.07) is 4.44. The van der Waals surface area contributed by atoms with Crippen LogP contribution in [0, 0.1) is 10.1 Å². The average Bonchev–Trinajstić information content (AvgIpc) is 2.25. The SMILES string of the molecule is CC(CNc1ccc([N+](=O)[O-])c(N)c1)S(C)=O. The molecule has 0 amide bonds. The van der Waals surface area contributed by atoms with E-state index in [4.69, 9.17) is 5.73 Å². The Bertz CT molecular complexity index is 450. The monoisotopic (exact) mass is 257 g/mol. The molecule has 17 heavy (non-hydrogen) atoms. The molecule has 0 aliphatic rings. The Morgan fingerprint density at radius 3 is 2.71 bits per heavy atom. The summed E-state index contributed by atoms with van der Waals surface area (Å²) in [5.41, 5.74) is 6.24.